The number of carbonyl (C=O) groups excluding carboxylic acids is 2. The molecule has 2 atom stereocenters. The van der Waals surface area contributed by atoms with Gasteiger partial charge in [-0.2, -0.15) is 0 Å². The Kier molecular flexibility index (Phi) is 56.5. The van der Waals surface area contributed by atoms with Crippen LogP contribution < -0.4 is 5.73 Å². The van der Waals surface area contributed by atoms with Crippen LogP contribution in [0.2, 0.25) is 0 Å². The molecule has 71 heavy (non-hydrogen) atoms. The fourth-order valence-corrected chi connectivity index (χ4v) is 10.0. The predicted octanol–water partition coefficient (Wildman–Crippen LogP) is 19.4. The van der Waals surface area contributed by atoms with Crippen LogP contribution in [0, 0.1) is 0 Å². The van der Waals surface area contributed by atoms with Gasteiger partial charge in [0, 0.05) is 19.4 Å². The topological polar surface area (TPSA) is 134 Å². The van der Waals surface area contributed by atoms with Crippen molar-refractivity contribution in [2.45, 2.75) is 328 Å². The van der Waals surface area contributed by atoms with Crippen molar-refractivity contribution in [3.05, 3.63) is 24.3 Å². The third kappa shape index (κ3) is 57.6. The maximum Gasteiger partial charge on any atom is 0.472 e. The Balaban J connectivity index is 3.74. The van der Waals surface area contributed by atoms with Crippen molar-refractivity contribution in [3.63, 3.8) is 0 Å². The molecule has 0 aliphatic heterocycles. The second-order valence-corrected chi connectivity index (χ2v) is 22.4. The van der Waals surface area contributed by atoms with E-state index >= 15 is 0 Å². The number of ether oxygens (including phenoxy) is 2. The highest BCUT2D eigenvalue weighted by molar-refractivity contribution is 7.47. The van der Waals surface area contributed by atoms with E-state index in [-0.39, 0.29) is 38.6 Å². The van der Waals surface area contributed by atoms with Crippen LogP contribution in [0.15, 0.2) is 24.3 Å². The Hall–Kier alpha value is -1.51. The number of nitrogens with two attached hydrogens (primary N) is 1. The van der Waals surface area contributed by atoms with Gasteiger partial charge in [0.15, 0.2) is 6.10 Å². The minimum atomic E-state index is -4.38. The fourth-order valence-electron chi connectivity index (χ4n) is 9.25. The lowest BCUT2D eigenvalue weighted by atomic mass is 10.0. The van der Waals surface area contributed by atoms with Gasteiger partial charge in [0.25, 0.3) is 0 Å². The number of hydrogen-bond donors (Lipinski definition) is 2. The zero-order chi connectivity index (χ0) is 51.7. The zero-order valence-corrected chi connectivity index (χ0v) is 47.9. The van der Waals surface area contributed by atoms with Crippen molar-refractivity contribution < 1.29 is 37.6 Å². The second kappa shape index (κ2) is 57.8. The van der Waals surface area contributed by atoms with Gasteiger partial charge < -0.3 is 20.1 Å². The van der Waals surface area contributed by atoms with Gasteiger partial charge in [-0.3, -0.25) is 18.6 Å². The van der Waals surface area contributed by atoms with Crippen LogP contribution in [0.1, 0.15) is 322 Å². The highest BCUT2D eigenvalue weighted by Crippen LogP contribution is 2.43. The molecule has 0 spiro atoms. The van der Waals surface area contributed by atoms with Crippen LogP contribution in [0.3, 0.4) is 0 Å². The molecule has 0 radical (unpaired) electrons. The third-order valence-electron chi connectivity index (χ3n) is 13.8. The Morgan fingerprint density at radius 3 is 1.11 bits per heavy atom. The predicted molar refractivity (Wildman–Crippen MR) is 303 cm³/mol. The van der Waals surface area contributed by atoms with Gasteiger partial charge >= 0.3 is 19.8 Å². The lowest BCUT2D eigenvalue weighted by molar-refractivity contribution is -0.161. The molecule has 0 amide bonds. The number of carbonyl (C=O) groups is 2. The molecule has 0 aliphatic rings. The van der Waals surface area contributed by atoms with Crippen molar-refractivity contribution in [2.75, 3.05) is 26.4 Å². The summed E-state index contributed by atoms with van der Waals surface area (Å²) in [6.45, 7) is 3.73. The van der Waals surface area contributed by atoms with Crippen LogP contribution in [0.25, 0.3) is 0 Å². The summed E-state index contributed by atoms with van der Waals surface area (Å²) in [5, 5.41) is 0. The number of rotatable bonds is 59. The molecule has 0 fully saturated rings. The third-order valence-corrected chi connectivity index (χ3v) is 14.8. The average Bonchev–Trinajstić information content (AvgIpc) is 3.36. The standard InChI is InChI=1S/C61H118NO8P/c1-3-5-7-9-11-13-15-17-19-20-21-22-23-24-25-26-27-28-29-30-31-32-33-34-35-36-37-38-39-40-42-43-45-47-49-51-53-60(63)67-57-59(58-69-71(65,66)68-56-55-62)70-61(64)54-52-50-48-46-44-41-18-16-14-12-10-8-6-4-2/h10,12,16,18,59H,3-9,11,13-15,17,19-58,62H2,1-2H3,(H,65,66)/b12-10-,18-16-. The first-order chi connectivity index (χ1) is 34.8. The SMILES string of the molecule is CCCC/C=C\C/C=C\CCCCCCCC(=O)OC(COC(=O)CCCCCCCCCCCCCCCCCCCCCCCCCCCCCCCCCCCCCC)COP(=O)(O)OCCN. The molecule has 10 heteroatoms. The summed E-state index contributed by atoms with van der Waals surface area (Å²) < 4.78 is 33.0. The quantitative estimate of drug-likeness (QED) is 0.0264. The molecule has 9 nitrogen and oxygen atoms in total. The average molecular weight is 1020 g/mol. The lowest BCUT2D eigenvalue weighted by Crippen LogP contribution is -2.29. The Bertz CT molecular complexity index is 1210. The lowest BCUT2D eigenvalue weighted by Gasteiger charge is -2.19. The van der Waals surface area contributed by atoms with Gasteiger partial charge in [-0.05, 0) is 38.5 Å². The molecular weight excluding hydrogens is 906 g/mol. The number of unbranched alkanes of at least 4 members (excludes halogenated alkanes) is 42. The van der Waals surface area contributed by atoms with Crippen molar-refractivity contribution in [2.24, 2.45) is 5.73 Å². The normalized spacial score (nSPS) is 13.1. The molecule has 3 N–H and O–H groups in total. The summed E-state index contributed by atoms with van der Waals surface area (Å²) in [5.41, 5.74) is 5.37. The van der Waals surface area contributed by atoms with E-state index in [4.69, 9.17) is 24.3 Å². The molecule has 0 aromatic rings. The van der Waals surface area contributed by atoms with E-state index in [0.717, 1.165) is 64.2 Å². The number of hydrogen-bond acceptors (Lipinski definition) is 8. The van der Waals surface area contributed by atoms with Crippen LogP contribution in [0.4, 0.5) is 0 Å². The number of allylic oxidation sites excluding steroid dienone is 4. The minimum Gasteiger partial charge on any atom is -0.462 e. The molecule has 0 heterocycles. The first-order valence-corrected chi connectivity index (χ1v) is 32.3. The Labute approximate surface area is 440 Å². The van der Waals surface area contributed by atoms with Crippen LogP contribution in [-0.4, -0.2) is 49.3 Å². The summed E-state index contributed by atoms with van der Waals surface area (Å²) >= 11 is 0. The molecule has 420 valence electrons. The van der Waals surface area contributed by atoms with Gasteiger partial charge in [0.2, 0.25) is 0 Å². The largest absolute Gasteiger partial charge is 0.472 e. The summed E-state index contributed by atoms with van der Waals surface area (Å²) in [6.07, 6.45) is 68.5. The zero-order valence-electron chi connectivity index (χ0n) is 47.0. The van der Waals surface area contributed by atoms with E-state index in [0.29, 0.717) is 6.42 Å². The van der Waals surface area contributed by atoms with Gasteiger partial charge in [-0.25, -0.2) is 4.57 Å². The molecule has 0 saturated heterocycles. The molecule has 0 bridgehead atoms. The van der Waals surface area contributed by atoms with E-state index in [2.05, 4.69) is 38.2 Å². The number of phosphoric ester groups is 1. The van der Waals surface area contributed by atoms with Gasteiger partial charge in [0.05, 0.1) is 13.2 Å². The monoisotopic (exact) mass is 1020 g/mol. The molecular formula is C61H118NO8P. The second-order valence-electron chi connectivity index (χ2n) is 20.9. The molecule has 0 aromatic heterocycles. The fraction of sp³-hybridized carbons (Fsp3) is 0.902. The Morgan fingerprint density at radius 2 is 0.746 bits per heavy atom. The van der Waals surface area contributed by atoms with Crippen molar-refractivity contribution in [1.82, 2.24) is 0 Å². The highest BCUT2D eigenvalue weighted by Gasteiger charge is 2.26. The van der Waals surface area contributed by atoms with Crippen LogP contribution in [0.5, 0.6) is 0 Å². The maximum atomic E-state index is 12.6. The highest BCUT2D eigenvalue weighted by atomic mass is 31.2. The van der Waals surface area contributed by atoms with Crippen molar-refractivity contribution in [1.29, 1.82) is 0 Å². The maximum absolute atomic E-state index is 12.6. The summed E-state index contributed by atoms with van der Waals surface area (Å²) in [5.74, 6) is -0.830. The summed E-state index contributed by atoms with van der Waals surface area (Å²) in [6, 6.07) is 0. The van der Waals surface area contributed by atoms with Crippen LogP contribution >= 0.6 is 7.82 Å². The van der Waals surface area contributed by atoms with E-state index < -0.39 is 26.5 Å². The smallest absolute Gasteiger partial charge is 0.462 e. The molecule has 0 saturated carbocycles. The van der Waals surface area contributed by atoms with Crippen molar-refractivity contribution >= 4 is 19.8 Å². The van der Waals surface area contributed by atoms with E-state index in [9.17, 15) is 19.0 Å². The van der Waals surface area contributed by atoms with E-state index in [1.165, 1.54) is 225 Å². The van der Waals surface area contributed by atoms with Crippen molar-refractivity contribution in [3.8, 4) is 0 Å². The Morgan fingerprint density at radius 1 is 0.423 bits per heavy atom. The van der Waals surface area contributed by atoms with Gasteiger partial charge in [-0.1, -0.05) is 295 Å². The molecule has 2 unspecified atom stereocenters. The van der Waals surface area contributed by atoms with Gasteiger partial charge in [-0.15, -0.1) is 0 Å². The molecule has 0 aromatic carbocycles. The molecule has 0 rings (SSSR count). The van der Waals surface area contributed by atoms with E-state index in [1.807, 2.05) is 0 Å². The first kappa shape index (κ1) is 69.5. The summed E-state index contributed by atoms with van der Waals surface area (Å²) in [4.78, 5) is 35.1. The van der Waals surface area contributed by atoms with Gasteiger partial charge in [0.1, 0.15) is 6.61 Å². The number of esters is 2. The minimum absolute atomic E-state index is 0.0528. The summed E-state index contributed by atoms with van der Waals surface area (Å²) in [7, 11) is -4.38. The molecule has 0 aliphatic carbocycles. The van der Waals surface area contributed by atoms with E-state index in [1.54, 1.807) is 0 Å². The number of phosphoric acid groups is 1. The van der Waals surface area contributed by atoms with Crippen LogP contribution in [-0.2, 0) is 32.7 Å². The first-order valence-electron chi connectivity index (χ1n) is 30.8.